The fourth-order valence-electron chi connectivity index (χ4n) is 2.90. The van der Waals surface area contributed by atoms with Crippen LogP contribution in [0.25, 0.3) is 16.6 Å². The second-order valence-corrected chi connectivity index (χ2v) is 5.35. The Morgan fingerprint density at radius 1 is 1.13 bits per heavy atom. The van der Waals surface area contributed by atoms with Crippen molar-refractivity contribution in [2.24, 2.45) is 0 Å². The minimum atomic E-state index is -0.524. The molecule has 116 valence electrons. The molecule has 0 saturated heterocycles. The summed E-state index contributed by atoms with van der Waals surface area (Å²) in [5.41, 5.74) is 1.43. The van der Waals surface area contributed by atoms with Gasteiger partial charge in [0.15, 0.2) is 5.65 Å². The smallest absolute Gasteiger partial charge is 0.160 e. The van der Waals surface area contributed by atoms with Crippen molar-refractivity contribution in [3.8, 4) is 0 Å². The van der Waals surface area contributed by atoms with Crippen LogP contribution in [-0.4, -0.2) is 33.3 Å². The largest absolute Gasteiger partial charge is 0.352 e. The summed E-state index contributed by atoms with van der Waals surface area (Å²) in [6, 6.07) is 3.94. The molecule has 1 aliphatic rings. The van der Waals surface area contributed by atoms with E-state index in [-0.39, 0.29) is 5.56 Å². The lowest BCUT2D eigenvalue weighted by atomic mass is 9.98. The highest BCUT2D eigenvalue weighted by atomic mass is 19.1. The van der Waals surface area contributed by atoms with E-state index in [1.165, 1.54) is 24.5 Å². The highest BCUT2D eigenvalue weighted by Gasteiger charge is 2.20. The van der Waals surface area contributed by atoms with E-state index in [1.54, 1.807) is 6.20 Å². The molecular formula is C16H13F2N5. The second kappa shape index (κ2) is 5.42. The van der Waals surface area contributed by atoms with Gasteiger partial charge in [-0.2, -0.15) is 5.10 Å². The number of anilines is 1. The Hall–Kier alpha value is -2.83. The molecule has 1 N–H and O–H groups in total. The van der Waals surface area contributed by atoms with Crippen LogP contribution >= 0.6 is 0 Å². The molecule has 5 nitrogen and oxygen atoms in total. The maximum atomic E-state index is 13.9. The van der Waals surface area contributed by atoms with E-state index in [4.69, 9.17) is 0 Å². The Bertz CT molecular complexity index is 882. The Kier molecular flexibility index (Phi) is 3.25. The monoisotopic (exact) mass is 313 g/mol. The molecule has 0 spiro atoms. The molecule has 3 aromatic rings. The van der Waals surface area contributed by atoms with Gasteiger partial charge in [0.2, 0.25) is 0 Å². The van der Waals surface area contributed by atoms with Crippen LogP contribution in [0.15, 0.2) is 36.8 Å². The van der Waals surface area contributed by atoms with Gasteiger partial charge in [0.05, 0.1) is 11.6 Å². The van der Waals surface area contributed by atoms with Gasteiger partial charge in [-0.15, -0.1) is 0 Å². The summed E-state index contributed by atoms with van der Waals surface area (Å²) in [6.45, 7) is 1.15. The van der Waals surface area contributed by atoms with Gasteiger partial charge in [-0.3, -0.25) is 5.10 Å². The van der Waals surface area contributed by atoms with Gasteiger partial charge >= 0.3 is 0 Å². The highest BCUT2D eigenvalue weighted by Crippen LogP contribution is 2.30. The number of rotatable bonds is 2. The number of hydrogen-bond donors (Lipinski definition) is 1. The number of hydrogen-bond acceptors (Lipinski definition) is 4. The molecule has 0 saturated carbocycles. The van der Waals surface area contributed by atoms with Crippen LogP contribution in [0.3, 0.4) is 0 Å². The van der Waals surface area contributed by atoms with Crippen molar-refractivity contribution in [3.63, 3.8) is 0 Å². The van der Waals surface area contributed by atoms with Gasteiger partial charge in [-0.25, -0.2) is 18.7 Å². The summed E-state index contributed by atoms with van der Waals surface area (Å²) < 4.78 is 27.8. The minimum Gasteiger partial charge on any atom is -0.352 e. The number of halogens is 2. The number of benzene rings is 1. The van der Waals surface area contributed by atoms with Crippen molar-refractivity contribution in [2.75, 3.05) is 18.0 Å². The van der Waals surface area contributed by atoms with Crippen LogP contribution in [0.2, 0.25) is 0 Å². The van der Waals surface area contributed by atoms with Crippen LogP contribution in [0.5, 0.6) is 0 Å². The Morgan fingerprint density at radius 2 is 1.96 bits per heavy atom. The lowest BCUT2D eigenvalue weighted by molar-refractivity contribution is 0.574. The summed E-state index contributed by atoms with van der Waals surface area (Å²) >= 11 is 0. The van der Waals surface area contributed by atoms with Gasteiger partial charge in [0, 0.05) is 18.7 Å². The predicted octanol–water partition coefficient (Wildman–Crippen LogP) is 2.92. The molecule has 0 fully saturated rings. The lowest BCUT2D eigenvalue weighted by Crippen LogP contribution is -2.29. The van der Waals surface area contributed by atoms with Crippen LogP contribution < -0.4 is 4.90 Å². The first-order chi connectivity index (χ1) is 11.2. The van der Waals surface area contributed by atoms with Crippen molar-refractivity contribution in [1.29, 1.82) is 0 Å². The summed E-state index contributed by atoms with van der Waals surface area (Å²) in [4.78, 5) is 10.5. The molecule has 0 aliphatic carbocycles. The van der Waals surface area contributed by atoms with Crippen LogP contribution in [-0.2, 0) is 0 Å². The van der Waals surface area contributed by atoms with E-state index in [9.17, 15) is 8.78 Å². The molecular weight excluding hydrogens is 300 g/mol. The zero-order valence-corrected chi connectivity index (χ0v) is 12.1. The zero-order valence-electron chi connectivity index (χ0n) is 12.1. The number of fused-ring (bicyclic) bond motifs is 1. The van der Waals surface area contributed by atoms with Crippen LogP contribution in [0, 0.1) is 11.6 Å². The molecule has 0 unspecified atom stereocenters. The van der Waals surface area contributed by atoms with E-state index in [1.807, 2.05) is 11.0 Å². The average molecular weight is 313 g/mol. The van der Waals surface area contributed by atoms with Gasteiger partial charge in [-0.1, -0.05) is 12.1 Å². The third-order valence-corrected chi connectivity index (χ3v) is 4.02. The average Bonchev–Trinajstić information content (AvgIpc) is 3.04. The van der Waals surface area contributed by atoms with E-state index < -0.39 is 11.6 Å². The molecule has 1 aromatic carbocycles. The predicted molar refractivity (Wildman–Crippen MR) is 82.8 cm³/mol. The van der Waals surface area contributed by atoms with Crippen LogP contribution in [0.1, 0.15) is 12.0 Å². The van der Waals surface area contributed by atoms with E-state index in [2.05, 4.69) is 20.2 Å². The fraction of sp³-hybridized carbons (Fsp3) is 0.188. The summed E-state index contributed by atoms with van der Waals surface area (Å²) in [5.74, 6) is -0.277. The number of nitrogens with zero attached hydrogens (tertiary/aromatic N) is 4. The quantitative estimate of drug-likeness (QED) is 0.790. The normalized spacial score (nSPS) is 15.0. The molecule has 2 aromatic heterocycles. The van der Waals surface area contributed by atoms with Crippen LogP contribution in [0.4, 0.5) is 14.6 Å². The van der Waals surface area contributed by atoms with E-state index in [0.29, 0.717) is 30.7 Å². The molecule has 3 heterocycles. The molecule has 0 bridgehead atoms. The molecule has 1 aliphatic heterocycles. The minimum absolute atomic E-state index is 0.0725. The third-order valence-electron chi connectivity index (χ3n) is 4.02. The van der Waals surface area contributed by atoms with Gasteiger partial charge in [-0.05, 0) is 24.1 Å². The maximum Gasteiger partial charge on any atom is 0.160 e. The Morgan fingerprint density at radius 3 is 2.70 bits per heavy atom. The van der Waals surface area contributed by atoms with Gasteiger partial charge < -0.3 is 4.90 Å². The van der Waals surface area contributed by atoms with Crippen molar-refractivity contribution in [2.45, 2.75) is 6.42 Å². The van der Waals surface area contributed by atoms with E-state index >= 15 is 0 Å². The molecule has 4 rings (SSSR count). The summed E-state index contributed by atoms with van der Waals surface area (Å²) in [5, 5.41) is 7.61. The molecule has 0 amide bonds. The number of aromatic amines is 1. The first-order valence-electron chi connectivity index (χ1n) is 7.26. The van der Waals surface area contributed by atoms with Crippen molar-refractivity contribution in [1.82, 2.24) is 20.2 Å². The SMILES string of the molecule is Fc1cccc(F)c1C1=CCN(c2ncnc3[nH]ncc23)CC1. The number of aromatic nitrogens is 4. The molecule has 0 atom stereocenters. The topological polar surface area (TPSA) is 57.7 Å². The standard InChI is InChI=1S/C16H13F2N5/c17-12-2-1-3-13(18)14(12)10-4-6-23(7-5-10)16-11-8-21-22-15(11)19-9-20-16/h1-4,8-9H,5-7H2,(H,19,20,21,22). The summed E-state index contributed by atoms with van der Waals surface area (Å²) in [6.07, 6.45) is 5.55. The molecule has 0 radical (unpaired) electrons. The third kappa shape index (κ3) is 2.34. The lowest BCUT2D eigenvalue weighted by Gasteiger charge is -2.28. The number of H-pyrrole nitrogens is 1. The fourth-order valence-corrected chi connectivity index (χ4v) is 2.90. The maximum absolute atomic E-state index is 13.9. The Labute approximate surface area is 130 Å². The first kappa shape index (κ1) is 13.8. The second-order valence-electron chi connectivity index (χ2n) is 5.35. The first-order valence-corrected chi connectivity index (χ1v) is 7.26. The van der Waals surface area contributed by atoms with Crippen molar-refractivity contribution >= 4 is 22.4 Å². The van der Waals surface area contributed by atoms with Crippen molar-refractivity contribution in [3.05, 3.63) is 54.0 Å². The van der Waals surface area contributed by atoms with Gasteiger partial charge in [0.1, 0.15) is 23.8 Å². The number of nitrogens with one attached hydrogen (secondary N) is 1. The van der Waals surface area contributed by atoms with Crippen molar-refractivity contribution < 1.29 is 8.78 Å². The van der Waals surface area contributed by atoms with Gasteiger partial charge in [0.25, 0.3) is 0 Å². The highest BCUT2D eigenvalue weighted by molar-refractivity contribution is 5.86. The molecule has 23 heavy (non-hydrogen) atoms. The summed E-state index contributed by atoms with van der Waals surface area (Å²) in [7, 11) is 0. The zero-order chi connectivity index (χ0) is 15.8. The Balaban J connectivity index is 1.66. The van der Waals surface area contributed by atoms with E-state index in [0.717, 1.165) is 11.2 Å². The molecule has 7 heteroatoms.